The third-order valence-corrected chi connectivity index (χ3v) is 5.38. The first kappa shape index (κ1) is 19.3. The summed E-state index contributed by atoms with van der Waals surface area (Å²) in [6, 6.07) is 11.1. The summed E-state index contributed by atoms with van der Waals surface area (Å²) in [6.45, 7) is 6.23. The molecule has 7 heteroatoms. The number of sulfonamides is 1. The number of carbonyl (C=O) groups excluding carboxylic acids is 1. The van der Waals surface area contributed by atoms with E-state index in [2.05, 4.69) is 10.0 Å². The lowest BCUT2D eigenvalue weighted by molar-refractivity contribution is 0.0949. The lowest BCUT2D eigenvalue weighted by atomic mass is 10.1. The molecule has 0 aliphatic heterocycles. The normalized spacial score (nSPS) is 11.4. The van der Waals surface area contributed by atoms with Crippen LogP contribution in [0, 0.1) is 12.8 Å². The molecule has 2 aromatic carbocycles. The minimum atomic E-state index is -3.80. The minimum absolute atomic E-state index is 0.167. The molecule has 0 bridgehead atoms. The summed E-state index contributed by atoms with van der Waals surface area (Å²) in [4.78, 5) is 12.3. The molecule has 25 heavy (non-hydrogen) atoms. The van der Waals surface area contributed by atoms with E-state index in [-0.39, 0.29) is 21.5 Å². The first-order valence-corrected chi connectivity index (χ1v) is 9.73. The molecular weight excluding hydrogens is 360 g/mol. The number of aryl methyl sites for hydroxylation is 1. The molecule has 1 amide bonds. The smallest absolute Gasteiger partial charge is 0.262 e. The highest BCUT2D eigenvalue weighted by Gasteiger charge is 2.19. The van der Waals surface area contributed by atoms with Crippen molar-refractivity contribution in [3.8, 4) is 0 Å². The van der Waals surface area contributed by atoms with Crippen molar-refractivity contribution in [1.82, 2.24) is 5.32 Å². The van der Waals surface area contributed by atoms with Gasteiger partial charge in [0.05, 0.1) is 15.6 Å². The number of nitrogens with one attached hydrogen (secondary N) is 2. The molecule has 0 aliphatic carbocycles. The molecule has 0 radical (unpaired) electrons. The number of hydrogen-bond donors (Lipinski definition) is 2. The Bertz CT molecular complexity index is 880. The van der Waals surface area contributed by atoms with Crippen LogP contribution in [-0.2, 0) is 10.0 Å². The summed E-state index contributed by atoms with van der Waals surface area (Å²) >= 11 is 6.10. The second-order valence-corrected chi connectivity index (χ2v) is 8.23. The summed E-state index contributed by atoms with van der Waals surface area (Å²) in [5.74, 6) is 0.0389. The highest BCUT2D eigenvalue weighted by Crippen LogP contribution is 2.26. The fourth-order valence-corrected chi connectivity index (χ4v) is 3.74. The molecule has 0 saturated heterocycles. The number of hydrogen-bond acceptors (Lipinski definition) is 3. The van der Waals surface area contributed by atoms with Crippen LogP contribution in [0.2, 0.25) is 5.02 Å². The van der Waals surface area contributed by atoms with Gasteiger partial charge in [0.25, 0.3) is 15.9 Å². The van der Waals surface area contributed by atoms with E-state index in [0.717, 1.165) is 0 Å². The predicted octanol–water partition coefficient (Wildman–Crippen LogP) is 3.84. The van der Waals surface area contributed by atoms with Crippen LogP contribution in [0.4, 0.5) is 5.69 Å². The molecule has 0 unspecified atom stereocenters. The zero-order valence-corrected chi connectivity index (χ0v) is 15.9. The van der Waals surface area contributed by atoms with Gasteiger partial charge in [-0.25, -0.2) is 8.42 Å². The van der Waals surface area contributed by atoms with Crippen molar-refractivity contribution in [3.63, 3.8) is 0 Å². The van der Waals surface area contributed by atoms with Gasteiger partial charge < -0.3 is 5.32 Å². The van der Waals surface area contributed by atoms with E-state index < -0.39 is 10.0 Å². The lowest BCUT2D eigenvalue weighted by Gasteiger charge is -2.13. The van der Waals surface area contributed by atoms with Crippen LogP contribution in [0.15, 0.2) is 47.4 Å². The largest absolute Gasteiger partial charge is 0.352 e. The van der Waals surface area contributed by atoms with Gasteiger partial charge in [0.15, 0.2) is 0 Å². The Morgan fingerprint density at radius 3 is 2.48 bits per heavy atom. The van der Waals surface area contributed by atoms with Crippen LogP contribution in [0.25, 0.3) is 0 Å². The third-order valence-electron chi connectivity index (χ3n) is 3.53. The first-order valence-electron chi connectivity index (χ1n) is 7.87. The van der Waals surface area contributed by atoms with Gasteiger partial charge in [0.1, 0.15) is 0 Å². The van der Waals surface area contributed by atoms with Gasteiger partial charge in [-0.15, -0.1) is 0 Å². The van der Waals surface area contributed by atoms with Crippen molar-refractivity contribution in [2.24, 2.45) is 5.92 Å². The molecular formula is C18H21ClN2O3S. The summed E-state index contributed by atoms with van der Waals surface area (Å²) in [5.41, 5.74) is 1.13. The highest BCUT2D eigenvalue weighted by molar-refractivity contribution is 7.92. The zero-order chi connectivity index (χ0) is 18.6. The standard InChI is InChI=1S/C18H21ClN2O3S/c1-12(2)11-20-18(22)14-8-9-15(19)16(10-14)21-25(23,24)17-7-5-4-6-13(17)3/h4-10,12,21H,11H2,1-3H3,(H,20,22). The van der Waals surface area contributed by atoms with Gasteiger partial charge in [-0.2, -0.15) is 0 Å². The summed E-state index contributed by atoms with van der Waals surface area (Å²) in [6.07, 6.45) is 0. The Morgan fingerprint density at radius 1 is 1.16 bits per heavy atom. The van der Waals surface area contributed by atoms with Crippen LogP contribution in [-0.4, -0.2) is 20.9 Å². The summed E-state index contributed by atoms with van der Waals surface area (Å²) < 4.78 is 27.7. The first-order chi connectivity index (χ1) is 11.7. The van der Waals surface area contributed by atoms with Crippen molar-refractivity contribution in [2.45, 2.75) is 25.7 Å². The molecule has 0 saturated carbocycles. The molecule has 0 fully saturated rings. The molecule has 5 nitrogen and oxygen atoms in total. The lowest BCUT2D eigenvalue weighted by Crippen LogP contribution is -2.27. The molecule has 0 aliphatic rings. The van der Waals surface area contributed by atoms with Crippen LogP contribution >= 0.6 is 11.6 Å². The summed E-state index contributed by atoms with van der Waals surface area (Å²) in [7, 11) is -3.80. The molecule has 0 spiro atoms. The van der Waals surface area contributed by atoms with Gasteiger partial charge in [-0.3, -0.25) is 9.52 Å². The SMILES string of the molecule is Cc1ccccc1S(=O)(=O)Nc1cc(C(=O)NCC(C)C)ccc1Cl. The van der Waals surface area contributed by atoms with Crippen LogP contribution < -0.4 is 10.0 Å². The van der Waals surface area contributed by atoms with Gasteiger partial charge >= 0.3 is 0 Å². The van der Waals surface area contributed by atoms with E-state index in [1.165, 1.54) is 18.2 Å². The maximum Gasteiger partial charge on any atom is 0.262 e. The number of halogens is 1. The molecule has 134 valence electrons. The second-order valence-electron chi connectivity index (χ2n) is 6.17. The summed E-state index contributed by atoms with van der Waals surface area (Å²) in [5, 5.41) is 3.01. The van der Waals surface area contributed by atoms with Crippen LogP contribution in [0.3, 0.4) is 0 Å². The van der Waals surface area contributed by atoms with Crippen molar-refractivity contribution >= 4 is 33.2 Å². The fourth-order valence-electron chi connectivity index (χ4n) is 2.20. The number of carbonyl (C=O) groups is 1. The average Bonchev–Trinajstić information content (AvgIpc) is 2.54. The highest BCUT2D eigenvalue weighted by atomic mass is 35.5. The monoisotopic (exact) mass is 380 g/mol. The topological polar surface area (TPSA) is 75.3 Å². The maximum absolute atomic E-state index is 12.6. The molecule has 2 aromatic rings. The molecule has 0 atom stereocenters. The Balaban J connectivity index is 2.29. The van der Waals surface area contributed by atoms with E-state index in [9.17, 15) is 13.2 Å². The van der Waals surface area contributed by atoms with Crippen molar-refractivity contribution in [3.05, 3.63) is 58.6 Å². The van der Waals surface area contributed by atoms with Crippen molar-refractivity contribution in [1.29, 1.82) is 0 Å². The number of benzene rings is 2. The van der Waals surface area contributed by atoms with Crippen LogP contribution in [0.1, 0.15) is 29.8 Å². The number of amides is 1. The zero-order valence-electron chi connectivity index (χ0n) is 14.3. The van der Waals surface area contributed by atoms with Crippen molar-refractivity contribution in [2.75, 3.05) is 11.3 Å². The Morgan fingerprint density at radius 2 is 1.84 bits per heavy atom. The number of rotatable bonds is 6. The Kier molecular flexibility index (Phi) is 6.08. The number of anilines is 1. The fraction of sp³-hybridized carbons (Fsp3) is 0.278. The van der Waals surface area contributed by atoms with E-state index in [4.69, 9.17) is 11.6 Å². The predicted molar refractivity (Wildman–Crippen MR) is 101 cm³/mol. The van der Waals surface area contributed by atoms with Gasteiger partial charge in [0.2, 0.25) is 0 Å². The van der Waals surface area contributed by atoms with Gasteiger partial charge in [0, 0.05) is 12.1 Å². The molecule has 2 N–H and O–H groups in total. The van der Waals surface area contributed by atoms with E-state index in [0.29, 0.717) is 23.6 Å². The van der Waals surface area contributed by atoms with Gasteiger partial charge in [-0.05, 0) is 42.7 Å². The van der Waals surface area contributed by atoms with Gasteiger partial charge in [-0.1, -0.05) is 43.6 Å². The van der Waals surface area contributed by atoms with Crippen LogP contribution in [0.5, 0.6) is 0 Å². The molecule has 0 heterocycles. The average molecular weight is 381 g/mol. The minimum Gasteiger partial charge on any atom is -0.352 e. The molecule has 0 aromatic heterocycles. The quantitative estimate of drug-likeness (QED) is 0.799. The van der Waals surface area contributed by atoms with E-state index in [1.54, 1.807) is 31.2 Å². The van der Waals surface area contributed by atoms with E-state index in [1.807, 2.05) is 13.8 Å². The maximum atomic E-state index is 12.6. The van der Waals surface area contributed by atoms with E-state index >= 15 is 0 Å². The van der Waals surface area contributed by atoms with Crippen molar-refractivity contribution < 1.29 is 13.2 Å². The second kappa shape index (κ2) is 7.89. The third kappa shape index (κ3) is 4.96. The molecule has 2 rings (SSSR count). The Hall–Kier alpha value is -2.05. The Labute approximate surface area is 153 Å².